The summed E-state index contributed by atoms with van der Waals surface area (Å²) in [6.07, 6.45) is 14.5. The zero-order chi connectivity index (χ0) is 46.7. The van der Waals surface area contributed by atoms with E-state index in [4.69, 9.17) is 50.4 Å². The van der Waals surface area contributed by atoms with E-state index in [1.54, 1.807) is 0 Å². The van der Waals surface area contributed by atoms with E-state index in [-0.39, 0.29) is 48.2 Å². The normalized spacial score (nSPS) is 20.5. The first-order valence-corrected chi connectivity index (χ1v) is 23.4. The van der Waals surface area contributed by atoms with Crippen molar-refractivity contribution in [1.29, 1.82) is 0 Å². The van der Waals surface area contributed by atoms with Crippen molar-refractivity contribution in [2.75, 3.05) is 0 Å². The van der Waals surface area contributed by atoms with E-state index in [1.165, 1.54) is 0 Å². The van der Waals surface area contributed by atoms with Gasteiger partial charge in [0.15, 0.2) is 0 Å². The number of carbonyl (C=O) groups excluding carboxylic acids is 2. The van der Waals surface area contributed by atoms with Crippen LogP contribution in [-0.2, 0) is 33.4 Å². The molecule has 2 fully saturated rings. The summed E-state index contributed by atoms with van der Waals surface area (Å²) < 4.78 is 23.0. The molecule has 8 heterocycles. The van der Waals surface area contributed by atoms with Gasteiger partial charge < -0.3 is 30.4 Å². The first kappa shape index (κ1) is 45.1. The number of nitrogens with two attached hydrogens (primary N) is 2. The molecule has 4 N–H and O–H groups in total. The summed E-state index contributed by atoms with van der Waals surface area (Å²) in [5, 5.41) is 3.75. The van der Waals surface area contributed by atoms with Crippen LogP contribution < -0.4 is 20.9 Å². The Morgan fingerprint density at radius 2 is 0.970 bits per heavy atom. The molecular formula is C52H60N8O6. The lowest BCUT2D eigenvalue weighted by atomic mass is 9.90. The molecule has 4 atom stereocenters. The average Bonchev–Trinajstić information content (AvgIpc) is 4.21. The van der Waals surface area contributed by atoms with Crippen molar-refractivity contribution in [3.63, 3.8) is 0 Å². The van der Waals surface area contributed by atoms with Crippen LogP contribution in [0.15, 0.2) is 61.2 Å². The Balaban J connectivity index is 0.000000166. The Hall–Kier alpha value is -6.12. The van der Waals surface area contributed by atoms with E-state index in [9.17, 15) is 9.59 Å². The van der Waals surface area contributed by atoms with Crippen LogP contribution in [0.2, 0.25) is 0 Å². The van der Waals surface area contributed by atoms with Crippen LogP contribution in [0.3, 0.4) is 0 Å². The second kappa shape index (κ2) is 17.6. The minimum absolute atomic E-state index is 0.0973. The molecule has 0 radical (unpaired) electrons. The van der Waals surface area contributed by atoms with Gasteiger partial charge in [0.25, 0.3) is 0 Å². The molecule has 2 aliphatic heterocycles. The number of pyridine rings is 6. The fraction of sp³-hybridized carbons (Fsp3) is 0.462. The quantitative estimate of drug-likeness (QED) is 0.110. The highest BCUT2D eigenvalue weighted by Gasteiger charge is 2.35. The molecule has 6 aromatic rings. The molecule has 14 nitrogen and oxygen atoms in total. The molecule has 2 saturated carbocycles. The van der Waals surface area contributed by atoms with Crippen molar-refractivity contribution >= 4 is 33.5 Å². The van der Waals surface area contributed by atoms with E-state index < -0.39 is 11.1 Å². The molecule has 6 aromatic heterocycles. The molecule has 0 spiro atoms. The Kier molecular flexibility index (Phi) is 12.0. The fourth-order valence-electron chi connectivity index (χ4n) is 9.04. The number of carbonyl (C=O) groups is 2. The molecule has 0 unspecified atom stereocenters. The highest BCUT2D eigenvalue weighted by Crippen LogP contribution is 2.38. The van der Waals surface area contributed by atoms with Gasteiger partial charge in [-0.25, -0.2) is 19.6 Å². The Morgan fingerprint density at radius 1 is 0.576 bits per heavy atom. The summed E-state index contributed by atoms with van der Waals surface area (Å²) in [4.78, 5) is 52.9. The van der Waals surface area contributed by atoms with E-state index >= 15 is 0 Å². The van der Waals surface area contributed by atoms with Crippen molar-refractivity contribution in [1.82, 2.24) is 29.9 Å². The maximum absolute atomic E-state index is 12.3. The molecule has 14 heteroatoms. The largest absolute Gasteiger partial charge is 0.474 e. The fourth-order valence-corrected chi connectivity index (χ4v) is 9.04. The second-order valence-electron chi connectivity index (χ2n) is 19.5. The SMILES string of the molecule is CC[C@@H]1c2nc(Cc3cc4c(C(C)(C)N)cnc(OC5CC5)c4cn3)ccc2C(=O)O[C@@H]1C.CC[C@H]1c2nc(Cc3cc4c(C(C)(C)N)cnc(OC5CC5)c4cn3)ccc2C(=O)O[C@H]1C. The molecule has 0 bridgehead atoms. The van der Waals surface area contributed by atoms with Crippen LogP contribution in [0, 0.1) is 0 Å². The Labute approximate surface area is 385 Å². The first-order valence-electron chi connectivity index (χ1n) is 23.4. The molecule has 2 aliphatic carbocycles. The summed E-state index contributed by atoms with van der Waals surface area (Å²) >= 11 is 0. The van der Waals surface area contributed by atoms with E-state index in [1.807, 2.05) is 90.6 Å². The molecule has 0 amide bonds. The van der Waals surface area contributed by atoms with Gasteiger partial charge in [0.2, 0.25) is 11.8 Å². The minimum atomic E-state index is -0.559. The van der Waals surface area contributed by atoms with Gasteiger partial charge in [0.1, 0.15) is 24.4 Å². The monoisotopic (exact) mass is 892 g/mol. The van der Waals surface area contributed by atoms with Crippen LogP contribution in [0.5, 0.6) is 11.8 Å². The van der Waals surface area contributed by atoms with Crippen LogP contribution in [-0.4, -0.2) is 66.3 Å². The molecule has 66 heavy (non-hydrogen) atoms. The average molecular weight is 893 g/mol. The number of ether oxygens (including phenoxy) is 4. The Bertz CT molecular complexity index is 2650. The minimum Gasteiger partial charge on any atom is -0.474 e. The number of hydrogen-bond donors (Lipinski definition) is 2. The summed E-state index contributed by atoms with van der Waals surface area (Å²) in [5.74, 6) is 0.834. The van der Waals surface area contributed by atoms with Crippen molar-refractivity contribution < 1.29 is 28.5 Å². The summed E-state index contributed by atoms with van der Waals surface area (Å²) in [7, 11) is 0. The van der Waals surface area contributed by atoms with Crippen LogP contribution >= 0.6 is 0 Å². The summed E-state index contributed by atoms with van der Waals surface area (Å²) in [6, 6.07) is 11.6. The summed E-state index contributed by atoms with van der Waals surface area (Å²) in [6.45, 7) is 15.9. The van der Waals surface area contributed by atoms with E-state index in [2.05, 4.69) is 35.9 Å². The molecule has 10 rings (SSSR count). The first-order chi connectivity index (χ1) is 31.5. The molecule has 344 valence electrons. The summed E-state index contributed by atoms with van der Waals surface area (Å²) in [5.41, 5.74) is 20.0. The number of esters is 2. The predicted molar refractivity (Wildman–Crippen MR) is 251 cm³/mol. The third-order valence-corrected chi connectivity index (χ3v) is 13.0. The van der Waals surface area contributed by atoms with Gasteiger partial charge in [-0.3, -0.25) is 19.9 Å². The lowest BCUT2D eigenvalue weighted by Crippen LogP contribution is -2.31. The molecule has 0 saturated heterocycles. The third-order valence-electron chi connectivity index (χ3n) is 13.0. The maximum Gasteiger partial charge on any atom is 0.340 e. The lowest BCUT2D eigenvalue weighted by molar-refractivity contribution is 0.0204. The van der Waals surface area contributed by atoms with E-state index in [0.717, 1.165) is 105 Å². The number of fused-ring (bicyclic) bond motifs is 4. The number of cyclic esters (lactones) is 2. The zero-order valence-electron chi connectivity index (χ0n) is 39.2. The number of hydrogen-bond acceptors (Lipinski definition) is 14. The van der Waals surface area contributed by atoms with E-state index in [0.29, 0.717) is 35.7 Å². The van der Waals surface area contributed by atoms with Crippen molar-refractivity contribution in [3.8, 4) is 11.8 Å². The number of nitrogens with zero attached hydrogens (tertiary/aromatic N) is 6. The van der Waals surface area contributed by atoms with Gasteiger partial charge in [-0.2, -0.15) is 0 Å². The second-order valence-corrected chi connectivity index (χ2v) is 19.5. The highest BCUT2D eigenvalue weighted by atomic mass is 16.5. The van der Waals surface area contributed by atoms with Crippen molar-refractivity contribution in [3.05, 3.63) is 118 Å². The number of rotatable bonds is 12. The number of aromatic nitrogens is 6. The lowest BCUT2D eigenvalue weighted by Gasteiger charge is -2.29. The van der Waals surface area contributed by atoms with Gasteiger partial charge in [-0.15, -0.1) is 0 Å². The topological polar surface area (TPSA) is 200 Å². The van der Waals surface area contributed by atoms with Gasteiger partial charge in [0.05, 0.1) is 33.3 Å². The van der Waals surface area contributed by atoms with Crippen molar-refractivity contribution in [2.24, 2.45) is 11.5 Å². The smallest absolute Gasteiger partial charge is 0.340 e. The van der Waals surface area contributed by atoms with Gasteiger partial charge in [-0.05, 0) is 138 Å². The zero-order valence-corrected chi connectivity index (χ0v) is 39.2. The van der Waals surface area contributed by atoms with Crippen LogP contribution in [0.4, 0.5) is 0 Å². The van der Waals surface area contributed by atoms with Gasteiger partial charge >= 0.3 is 11.9 Å². The third kappa shape index (κ3) is 9.30. The van der Waals surface area contributed by atoms with Gasteiger partial charge in [0, 0.05) is 83.3 Å². The molecule has 0 aromatic carbocycles. The van der Waals surface area contributed by atoms with Gasteiger partial charge in [-0.1, -0.05) is 13.8 Å². The Morgan fingerprint density at radius 3 is 1.32 bits per heavy atom. The maximum atomic E-state index is 12.3. The predicted octanol–water partition coefficient (Wildman–Crippen LogP) is 8.81. The van der Waals surface area contributed by atoms with Crippen LogP contribution in [0.25, 0.3) is 21.5 Å². The van der Waals surface area contributed by atoms with Crippen LogP contribution in [0.1, 0.15) is 172 Å². The van der Waals surface area contributed by atoms with Crippen molar-refractivity contribution in [2.45, 2.75) is 154 Å². The standard InChI is InChI=1S/2C26H30N4O3/c2*1-5-18-14(2)32-25(31)19-9-6-15(30-23(18)19)10-16-11-20-21(12-28-16)24(33-17-7-8-17)29-13-22(20)26(3,4)27/h2*6,9,11-14,17-18H,5,7-8,10,27H2,1-4H3/t2*14-,18+/m10/s1. The highest BCUT2D eigenvalue weighted by molar-refractivity contribution is 5.93. The molecular weight excluding hydrogens is 833 g/mol. The molecule has 4 aliphatic rings.